The molecule has 9 nitrogen and oxygen atoms in total. The van der Waals surface area contributed by atoms with Gasteiger partial charge < -0.3 is 0 Å². The number of nitro benzene ring substituents is 2. The number of nitro groups is 2. The van der Waals surface area contributed by atoms with E-state index in [1.165, 1.54) is 0 Å². The van der Waals surface area contributed by atoms with Crippen molar-refractivity contribution in [2.24, 2.45) is 5.10 Å². The Morgan fingerprint density at radius 1 is 1.00 bits per heavy atom. The van der Waals surface area contributed by atoms with Gasteiger partial charge in [-0.1, -0.05) is 28.1 Å². The third kappa shape index (κ3) is 4.67. The Morgan fingerprint density at radius 3 is 2.00 bits per heavy atom. The Morgan fingerprint density at radius 2 is 1.52 bits per heavy atom. The second-order valence-corrected chi connectivity index (χ2v) is 5.81. The number of halogens is 1. The average Bonchev–Trinajstić information content (AvgIpc) is 2.59. The smallest absolute Gasteiger partial charge is 0.267 e. The minimum atomic E-state index is -0.805. The lowest BCUT2D eigenvalue weighted by molar-refractivity contribution is -0.394. The summed E-state index contributed by atoms with van der Waals surface area (Å²) in [5.74, 6) is -0.789. The van der Waals surface area contributed by atoms with Crippen molar-refractivity contribution >= 4 is 38.9 Å². The number of benzene rings is 2. The Bertz CT molecular complexity index is 848. The molecule has 25 heavy (non-hydrogen) atoms. The highest BCUT2D eigenvalue weighted by Gasteiger charge is 2.19. The van der Waals surface area contributed by atoms with Crippen LogP contribution in [0.1, 0.15) is 22.8 Å². The summed E-state index contributed by atoms with van der Waals surface area (Å²) < 4.78 is 0.886. The van der Waals surface area contributed by atoms with Crippen LogP contribution in [-0.4, -0.2) is 21.5 Å². The summed E-state index contributed by atoms with van der Waals surface area (Å²) in [6, 6.07) is 9.87. The van der Waals surface area contributed by atoms with E-state index < -0.39 is 27.1 Å². The van der Waals surface area contributed by atoms with Crippen LogP contribution in [0.2, 0.25) is 0 Å². The zero-order valence-electron chi connectivity index (χ0n) is 12.8. The van der Waals surface area contributed by atoms with Crippen molar-refractivity contribution < 1.29 is 14.6 Å². The lowest BCUT2D eigenvalue weighted by Gasteiger charge is -2.04. The summed E-state index contributed by atoms with van der Waals surface area (Å²) in [7, 11) is 0. The largest absolute Gasteiger partial charge is 0.277 e. The van der Waals surface area contributed by atoms with Crippen LogP contribution in [0.4, 0.5) is 11.4 Å². The van der Waals surface area contributed by atoms with Gasteiger partial charge in [0.25, 0.3) is 17.3 Å². The number of nitrogens with zero attached hydrogens (tertiary/aromatic N) is 3. The first-order chi connectivity index (χ1) is 11.8. The second kappa shape index (κ2) is 7.62. The Balaban J connectivity index is 2.25. The molecule has 0 radical (unpaired) electrons. The fraction of sp³-hybridized carbons (Fsp3) is 0.0667. The van der Waals surface area contributed by atoms with E-state index in [2.05, 4.69) is 26.5 Å². The highest BCUT2D eigenvalue weighted by molar-refractivity contribution is 9.10. The first kappa shape index (κ1) is 18.2. The number of hydrogen-bond acceptors (Lipinski definition) is 6. The molecule has 0 fully saturated rings. The van der Waals surface area contributed by atoms with Gasteiger partial charge in [0.1, 0.15) is 0 Å². The molecule has 0 heterocycles. The summed E-state index contributed by atoms with van der Waals surface area (Å²) in [6.45, 7) is 1.67. The lowest BCUT2D eigenvalue weighted by atomic mass is 10.1. The number of amides is 1. The predicted molar refractivity (Wildman–Crippen MR) is 93.6 cm³/mol. The second-order valence-electron chi connectivity index (χ2n) is 4.90. The van der Waals surface area contributed by atoms with Crippen LogP contribution in [0.5, 0.6) is 0 Å². The fourth-order valence-corrected chi connectivity index (χ4v) is 2.16. The van der Waals surface area contributed by atoms with Gasteiger partial charge in [-0.25, -0.2) is 5.43 Å². The summed E-state index contributed by atoms with van der Waals surface area (Å²) in [5, 5.41) is 25.6. The first-order valence-electron chi connectivity index (χ1n) is 6.82. The molecule has 0 saturated carbocycles. The molecule has 0 spiro atoms. The van der Waals surface area contributed by atoms with Gasteiger partial charge in [-0.2, -0.15) is 5.10 Å². The molecular weight excluding hydrogens is 396 g/mol. The lowest BCUT2D eigenvalue weighted by Crippen LogP contribution is -2.19. The van der Waals surface area contributed by atoms with Gasteiger partial charge in [0.2, 0.25) is 0 Å². The van der Waals surface area contributed by atoms with Gasteiger partial charge in [-0.3, -0.25) is 25.0 Å². The van der Waals surface area contributed by atoms with Gasteiger partial charge in [0.15, 0.2) is 0 Å². The molecule has 2 rings (SSSR count). The molecule has 0 bridgehead atoms. The standard InChI is InChI=1S/C15H11BrN4O5/c1-9(10-2-4-12(16)5-3-10)17-18-15(21)11-6-13(19(22)23)8-14(7-11)20(24)25/h2-8H,1H3,(H,18,21). The monoisotopic (exact) mass is 406 g/mol. The Labute approximate surface area is 149 Å². The van der Waals surface area contributed by atoms with E-state index in [0.717, 1.165) is 28.2 Å². The van der Waals surface area contributed by atoms with Gasteiger partial charge >= 0.3 is 0 Å². The molecule has 128 valence electrons. The van der Waals surface area contributed by atoms with Crippen molar-refractivity contribution in [3.05, 3.63) is 78.3 Å². The van der Waals surface area contributed by atoms with Crippen LogP contribution in [-0.2, 0) is 0 Å². The summed E-state index contributed by atoms with van der Waals surface area (Å²) >= 11 is 3.30. The van der Waals surface area contributed by atoms with Crippen LogP contribution in [0.3, 0.4) is 0 Å². The molecule has 2 aromatic rings. The normalized spacial score (nSPS) is 11.0. The number of non-ortho nitro benzene ring substituents is 2. The highest BCUT2D eigenvalue weighted by Crippen LogP contribution is 2.22. The minimum Gasteiger partial charge on any atom is -0.267 e. The van der Waals surface area contributed by atoms with Crippen LogP contribution in [0, 0.1) is 20.2 Å². The fourth-order valence-electron chi connectivity index (χ4n) is 1.89. The molecular formula is C15H11BrN4O5. The number of nitrogens with one attached hydrogen (secondary N) is 1. The maximum Gasteiger partial charge on any atom is 0.277 e. The SMILES string of the molecule is CC(=NNC(=O)c1cc([N+](=O)[O-])cc([N+](=O)[O-])c1)c1ccc(Br)cc1. The number of carbonyl (C=O) groups excluding carboxylic acids is 1. The maximum absolute atomic E-state index is 12.1. The Hall–Kier alpha value is -3.14. The molecule has 0 aliphatic carbocycles. The summed E-state index contributed by atoms with van der Waals surface area (Å²) in [6.07, 6.45) is 0. The molecule has 0 aromatic heterocycles. The van der Waals surface area contributed by atoms with Crippen molar-refractivity contribution in [1.29, 1.82) is 0 Å². The van der Waals surface area contributed by atoms with Gasteiger partial charge in [0, 0.05) is 16.6 Å². The van der Waals surface area contributed by atoms with Crippen molar-refractivity contribution in [2.45, 2.75) is 6.92 Å². The first-order valence-corrected chi connectivity index (χ1v) is 7.61. The molecule has 1 amide bonds. The molecule has 1 N–H and O–H groups in total. The van der Waals surface area contributed by atoms with E-state index in [9.17, 15) is 25.0 Å². The van der Waals surface area contributed by atoms with Gasteiger partial charge in [-0.15, -0.1) is 0 Å². The molecule has 0 atom stereocenters. The van der Waals surface area contributed by atoms with E-state index in [4.69, 9.17) is 0 Å². The molecule has 0 unspecified atom stereocenters. The van der Waals surface area contributed by atoms with Crippen molar-refractivity contribution in [2.75, 3.05) is 0 Å². The van der Waals surface area contributed by atoms with Gasteiger partial charge in [0.05, 0.1) is 27.2 Å². The molecule has 10 heteroatoms. The van der Waals surface area contributed by atoms with Crippen LogP contribution in [0.25, 0.3) is 0 Å². The summed E-state index contributed by atoms with van der Waals surface area (Å²) in [5.41, 5.74) is 2.17. The number of hydrazone groups is 1. The zero-order chi connectivity index (χ0) is 18.6. The maximum atomic E-state index is 12.1. The number of hydrogen-bond donors (Lipinski definition) is 1. The Kier molecular flexibility index (Phi) is 5.55. The topological polar surface area (TPSA) is 128 Å². The molecule has 0 aliphatic heterocycles. The van der Waals surface area contributed by atoms with E-state index in [-0.39, 0.29) is 5.56 Å². The minimum absolute atomic E-state index is 0.228. The molecule has 0 saturated heterocycles. The quantitative estimate of drug-likeness (QED) is 0.462. The molecule has 2 aromatic carbocycles. The third-order valence-electron chi connectivity index (χ3n) is 3.17. The van der Waals surface area contributed by atoms with Crippen molar-refractivity contribution in [3.8, 4) is 0 Å². The average molecular weight is 407 g/mol. The van der Waals surface area contributed by atoms with Crippen LogP contribution >= 0.6 is 15.9 Å². The van der Waals surface area contributed by atoms with Gasteiger partial charge in [-0.05, 0) is 24.6 Å². The molecule has 0 aliphatic rings. The van der Waals surface area contributed by atoms with Crippen molar-refractivity contribution in [1.82, 2.24) is 5.43 Å². The van der Waals surface area contributed by atoms with E-state index in [1.54, 1.807) is 31.2 Å². The number of rotatable bonds is 5. The summed E-state index contributed by atoms with van der Waals surface area (Å²) in [4.78, 5) is 32.2. The van der Waals surface area contributed by atoms with Crippen LogP contribution in [0.15, 0.2) is 52.0 Å². The predicted octanol–water partition coefficient (Wildman–Crippen LogP) is 3.42. The number of carbonyl (C=O) groups is 1. The van der Waals surface area contributed by atoms with Crippen molar-refractivity contribution in [3.63, 3.8) is 0 Å². The van der Waals surface area contributed by atoms with E-state index >= 15 is 0 Å². The van der Waals surface area contributed by atoms with E-state index in [0.29, 0.717) is 5.71 Å². The zero-order valence-corrected chi connectivity index (χ0v) is 14.4. The third-order valence-corrected chi connectivity index (χ3v) is 3.70. The van der Waals surface area contributed by atoms with E-state index in [1.807, 2.05) is 0 Å². The van der Waals surface area contributed by atoms with Crippen LogP contribution < -0.4 is 5.43 Å². The highest BCUT2D eigenvalue weighted by atomic mass is 79.9.